The number of imidazole rings is 1. The van der Waals surface area contributed by atoms with Gasteiger partial charge in [-0.2, -0.15) is 5.26 Å². The highest BCUT2D eigenvalue weighted by Gasteiger charge is 1.96. The second kappa shape index (κ2) is 4.99. The Kier molecular flexibility index (Phi) is 3.19. The van der Waals surface area contributed by atoms with Gasteiger partial charge in [-0.3, -0.25) is 0 Å². The molecular formula is C12H12N4. The van der Waals surface area contributed by atoms with E-state index in [1.54, 1.807) is 12.4 Å². The van der Waals surface area contributed by atoms with Crippen LogP contribution in [0.2, 0.25) is 0 Å². The van der Waals surface area contributed by atoms with Crippen molar-refractivity contribution in [2.24, 2.45) is 0 Å². The summed E-state index contributed by atoms with van der Waals surface area (Å²) in [6, 6.07) is 9.57. The minimum Gasteiger partial charge on any atom is -0.385 e. The molecule has 2 rings (SSSR count). The molecule has 1 heterocycles. The molecule has 1 aromatic heterocycles. The van der Waals surface area contributed by atoms with E-state index in [0.717, 1.165) is 24.3 Å². The molecule has 4 heteroatoms. The van der Waals surface area contributed by atoms with Crippen molar-refractivity contribution in [2.45, 2.75) is 6.42 Å². The van der Waals surface area contributed by atoms with Crippen LogP contribution in [0, 0.1) is 11.3 Å². The molecule has 0 radical (unpaired) electrons. The van der Waals surface area contributed by atoms with E-state index in [4.69, 9.17) is 5.26 Å². The van der Waals surface area contributed by atoms with Gasteiger partial charge >= 0.3 is 0 Å². The van der Waals surface area contributed by atoms with Gasteiger partial charge in [0.1, 0.15) is 0 Å². The lowest BCUT2D eigenvalue weighted by atomic mass is 10.2. The molecule has 0 aliphatic heterocycles. The number of hydrogen-bond donors (Lipinski definition) is 2. The molecule has 0 saturated heterocycles. The van der Waals surface area contributed by atoms with Crippen LogP contribution in [-0.4, -0.2) is 16.5 Å². The number of hydrogen-bond acceptors (Lipinski definition) is 3. The van der Waals surface area contributed by atoms with E-state index in [1.807, 2.05) is 24.4 Å². The minimum atomic E-state index is 0.673. The third-order valence-corrected chi connectivity index (χ3v) is 2.27. The summed E-state index contributed by atoms with van der Waals surface area (Å²) in [6.45, 7) is 0.817. The monoisotopic (exact) mass is 212 g/mol. The molecule has 0 fully saturated rings. The quantitative estimate of drug-likeness (QED) is 0.814. The molecule has 80 valence electrons. The number of H-pyrrole nitrogens is 1. The van der Waals surface area contributed by atoms with Crippen molar-refractivity contribution in [1.82, 2.24) is 9.97 Å². The lowest BCUT2D eigenvalue weighted by molar-refractivity contribution is 0.977. The number of anilines is 1. The van der Waals surface area contributed by atoms with Gasteiger partial charge < -0.3 is 10.3 Å². The van der Waals surface area contributed by atoms with Crippen molar-refractivity contribution in [3.8, 4) is 6.07 Å². The Balaban J connectivity index is 1.88. The van der Waals surface area contributed by atoms with Crippen LogP contribution in [-0.2, 0) is 6.42 Å². The number of aromatic nitrogens is 2. The fraction of sp³-hybridized carbons (Fsp3) is 0.167. The predicted octanol–water partition coefficient (Wildman–Crippen LogP) is 1.94. The van der Waals surface area contributed by atoms with Crippen LogP contribution >= 0.6 is 0 Å². The highest BCUT2D eigenvalue weighted by atomic mass is 14.9. The molecule has 0 aliphatic rings. The van der Waals surface area contributed by atoms with Crippen molar-refractivity contribution in [1.29, 1.82) is 5.26 Å². The van der Waals surface area contributed by atoms with Crippen molar-refractivity contribution >= 4 is 5.69 Å². The maximum atomic E-state index is 8.75. The molecule has 0 bridgehead atoms. The van der Waals surface area contributed by atoms with Crippen molar-refractivity contribution in [2.75, 3.05) is 11.9 Å². The highest BCUT2D eigenvalue weighted by molar-refractivity contribution is 5.49. The van der Waals surface area contributed by atoms with Gasteiger partial charge in [0.2, 0.25) is 0 Å². The molecule has 2 N–H and O–H groups in total. The normalized spacial score (nSPS) is 9.69. The zero-order valence-electron chi connectivity index (χ0n) is 8.77. The van der Waals surface area contributed by atoms with Gasteiger partial charge in [0, 0.05) is 30.5 Å². The lowest BCUT2D eigenvalue weighted by Crippen LogP contribution is -2.04. The van der Waals surface area contributed by atoms with Crippen molar-refractivity contribution < 1.29 is 0 Å². The smallest absolute Gasteiger partial charge is 0.0992 e. The largest absolute Gasteiger partial charge is 0.385 e. The first-order valence-electron chi connectivity index (χ1n) is 5.10. The number of nitrogens with one attached hydrogen (secondary N) is 2. The average Bonchev–Trinajstić information content (AvgIpc) is 2.82. The molecule has 0 amide bonds. The van der Waals surface area contributed by atoms with E-state index in [-0.39, 0.29) is 0 Å². The number of rotatable bonds is 4. The maximum Gasteiger partial charge on any atom is 0.0992 e. The molecule has 0 aliphatic carbocycles. The Morgan fingerprint density at radius 1 is 1.44 bits per heavy atom. The molecule has 2 aromatic rings. The van der Waals surface area contributed by atoms with Crippen LogP contribution < -0.4 is 5.32 Å². The molecule has 1 aromatic carbocycles. The lowest BCUT2D eigenvalue weighted by Gasteiger charge is -2.05. The zero-order chi connectivity index (χ0) is 11.2. The number of aromatic amines is 1. The number of benzene rings is 1. The van der Waals surface area contributed by atoms with E-state index in [1.165, 1.54) is 0 Å². The maximum absolute atomic E-state index is 8.75. The third kappa shape index (κ3) is 2.61. The summed E-state index contributed by atoms with van der Waals surface area (Å²) in [5.74, 6) is 0. The SMILES string of the molecule is N#Cc1cccc(NCCc2cnc[nH]2)c1. The van der Waals surface area contributed by atoms with Crippen LogP contribution in [0.25, 0.3) is 0 Å². The van der Waals surface area contributed by atoms with E-state index in [2.05, 4.69) is 21.4 Å². The molecule has 0 unspecified atom stereocenters. The van der Waals surface area contributed by atoms with Crippen LogP contribution in [0.4, 0.5) is 5.69 Å². The van der Waals surface area contributed by atoms with Crippen LogP contribution in [0.1, 0.15) is 11.3 Å². The van der Waals surface area contributed by atoms with Crippen LogP contribution in [0.5, 0.6) is 0 Å². The van der Waals surface area contributed by atoms with Gasteiger partial charge in [0.15, 0.2) is 0 Å². The van der Waals surface area contributed by atoms with Crippen molar-refractivity contribution in [3.05, 3.63) is 48.0 Å². The Morgan fingerprint density at radius 2 is 2.38 bits per heavy atom. The first-order chi connectivity index (χ1) is 7.88. The molecule has 4 nitrogen and oxygen atoms in total. The second-order valence-electron chi connectivity index (χ2n) is 3.45. The molecule has 0 spiro atoms. The fourth-order valence-corrected chi connectivity index (χ4v) is 1.46. The summed E-state index contributed by atoms with van der Waals surface area (Å²) >= 11 is 0. The minimum absolute atomic E-state index is 0.673. The Labute approximate surface area is 94.0 Å². The van der Waals surface area contributed by atoms with Crippen LogP contribution in [0.3, 0.4) is 0 Å². The van der Waals surface area contributed by atoms with Gasteiger partial charge in [0.25, 0.3) is 0 Å². The standard InChI is InChI=1S/C12H12N4/c13-7-10-2-1-3-11(6-10)15-5-4-12-8-14-9-16-12/h1-3,6,8-9,15H,4-5H2,(H,14,16). The van der Waals surface area contributed by atoms with Gasteiger partial charge in [-0.1, -0.05) is 6.07 Å². The molecule has 0 atom stereocenters. The zero-order valence-corrected chi connectivity index (χ0v) is 8.77. The Morgan fingerprint density at radius 3 is 3.12 bits per heavy atom. The van der Waals surface area contributed by atoms with Crippen molar-refractivity contribution in [3.63, 3.8) is 0 Å². The highest BCUT2D eigenvalue weighted by Crippen LogP contribution is 2.09. The van der Waals surface area contributed by atoms with Gasteiger partial charge in [-0.15, -0.1) is 0 Å². The Hall–Kier alpha value is -2.28. The molecule has 0 saturated carbocycles. The summed E-state index contributed by atoms with van der Waals surface area (Å²) < 4.78 is 0. The molecular weight excluding hydrogens is 200 g/mol. The van der Waals surface area contributed by atoms with E-state index < -0.39 is 0 Å². The van der Waals surface area contributed by atoms with Gasteiger partial charge in [0.05, 0.1) is 18.0 Å². The number of nitriles is 1. The predicted molar refractivity (Wildman–Crippen MR) is 61.9 cm³/mol. The van der Waals surface area contributed by atoms with E-state index >= 15 is 0 Å². The summed E-state index contributed by atoms with van der Waals surface area (Å²) in [7, 11) is 0. The summed E-state index contributed by atoms with van der Waals surface area (Å²) in [4.78, 5) is 6.99. The summed E-state index contributed by atoms with van der Waals surface area (Å²) in [5.41, 5.74) is 2.74. The van der Waals surface area contributed by atoms with Gasteiger partial charge in [-0.05, 0) is 18.2 Å². The third-order valence-electron chi connectivity index (χ3n) is 2.27. The average molecular weight is 212 g/mol. The second-order valence-corrected chi connectivity index (χ2v) is 3.45. The Bertz CT molecular complexity index is 482. The van der Waals surface area contributed by atoms with E-state index in [9.17, 15) is 0 Å². The number of nitrogens with zero attached hydrogens (tertiary/aromatic N) is 2. The summed E-state index contributed by atoms with van der Waals surface area (Å²) in [5, 5.41) is 12.0. The topological polar surface area (TPSA) is 64.5 Å². The first kappa shape index (κ1) is 10.2. The molecule has 16 heavy (non-hydrogen) atoms. The first-order valence-corrected chi connectivity index (χ1v) is 5.10. The fourth-order valence-electron chi connectivity index (χ4n) is 1.46. The van der Waals surface area contributed by atoms with Gasteiger partial charge in [-0.25, -0.2) is 4.98 Å². The van der Waals surface area contributed by atoms with Crippen LogP contribution in [0.15, 0.2) is 36.8 Å². The summed E-state index contributed by atoms with van der Waals surface area (Å²) in [6.07, 6.45) is 4.37. The van der Waals surface area contributed by atoms with E-state index in [0.29, 0.717) is 5.56 Å².